The minimum absolute atomic E-state index is 0.948. The van der Waals surface area contributed by atoms with Gasteiger partial charge < -0.3 is 0 Å². The molecule has 0 N–H and O–H groups in total. The summed E-state index contributed by atoms with van der Waals surface area (Å²) in [7, 11) is 0. The first-order chi connectivity index (χ1) is 21.8. The highest BCUT2D eigenvalue weighted by Crippen LogP contribution is 2.42. The van der Waals surface area contributed by atoms with Crippen LogP contribution >= 0.6 is 11.3 Å². The monoisotopic (exact) mass is 580 g/mol. The van der Waals surface area contributed by atoms with Crippen molar-refractivity contribution in [1.29, 1.82) is 0 Å². The van der Waals surface area contributed by atoms with Crippen LogP contribution in [-0.2, 0) is 0 Å². The van der Waals surface area contributed by atoms with E-state index in [4.69, 9.17) is 4.98 Å². The second kappa shape index (κ2) is 11.3. The van der Waals surface area contributed by atoms with Crippen LogP contribution in [0.4, 0.5) is 16.5 Å². The summed E-state index contributed by atoms with van der Waals surface area (Å²) >= 11 is 1.74. The second-order valence-corrected chi connectivity index (χ2v) is 11.8. The van der Waals surface area contributed by atoms with E-state index in [-0.39, 0.29) is 0 Å². The van der Waals surface area contributed by atoms with Gasteiger partial charge in [0.05, 0.1) is 10.2 Å². The molecule has 0 aliphatic carbocycles. The summed E-state index contributed by atoms with van der Waals surface area (Å²) in [5, 5.41) is 3.42. The lowest BCUT2D eigenvalue weighted by Gasteiger charge is -2.23. The Labute approximate surface area is 261 Å². The lowest BCUT2D eigenvalue weighted by molar-refractivity contribution is 1.25. The lowest BCUT2D eigenvalue weighted by atomic mass is 10.00. The molecule has 8 aromatic rings. The fourth-order valence-electron chi connectivity index (χ4n) is 5.83. The van der Waals surface area contributed by atoms with Crippen LogP contribution in [0.2, 0.25) is 0 Å². The van der Waals surface area contributed by atoms with Crippen LogP contribution in [0.3, 0.4) is 0 Å². The van der Waals surface area contributed by atoms with Crippen molar-refractivity contribution in [2.75, 3.05) is 4.90 Å². The zero-order chi connectivity index (χ0) is 29.3. The molecule has 0 fully saturated rings. The van der Waals surface area contributed by atoms with E-state index in [2.05, 4.69) is 175 Å². The van der Waals surface area contributed by atoms with Gasteiger partial charge in [0, 0.05) is 16.8 Å². The Hall–Kier alpha value is -5.51. The summed E-state index contributed by atoms with van der Waals surface area (Å²) in [6.45, 7) is 0. The third-order valence-electron chi connectivity index (χ3n) is 8.14. The molecule has 0 saturated heterocycles. The largest absolute Gasteiger partial charge is 0.286 e. The van der Waals surface area contributed by atoms with E-state index < -0.39 is 0 Å². The van der Waals surface area contributed by atoms with Gasteiger partial charge in [-0.05, 0) is 69.1 Å². The molecule has 0 aliphatic rings. The van der Waals surface area contributed by atoms with E-state index in [0.717, 1.165) is 22.0 Å². The van der Waals surface area contributed by atoms with Crippen molar-refractivity contribution in [2.45, 2.75) is 0 Å². The zero-order valence-corrected chi connectivity index (χ0v) is 24.8. The number of hydrogen-bond acceptors (Lipinski definition) is 3. The summed E-state index contributed by atoms with van der Waals surface area (Å²) < 4.78 is 1.21. The third kappa shape index (κ3) is 4.94. The minimum atomic E-state index is 0.948. The van der Waals surface area contributed by atoms with Gasteiger partial charge in [0.2, 0.25) is 0 Å². The molecule has 44 heavy (non-hydrogen) atoms. The molecule has 0 radical (unpaired) electrons. The summed E-state index contributed by atoms with van der Waals surface area (Å²) in [6, 6.07) is 60.3. The van der Waals surface area contributed by atoms with Crippen molar-refractivity contribution in [1.82, 2.24) is 4.98 Å². The van der Waals surface area contributed by atoms with Gasteiger partial charge in [-0.25, -0.2) is 4.98 Å². The van der Waals surface area contributed by atoms with Gasteiger partial charge >= 0.3 is 0 Å². The Kier molecular flexibility index (Phi) is 6.71. The fraction of sp³-hybridized carbons (Fsp3) is 0. The average Bonchev–Trinajstić information content (AvgIpc) is 3.54. The smallest absolute Gasteiger partial charge is 0.195 e. The molecule has 0 unspecified atom stereocenters. The molecule has 1 heterocycles. The number of nitrogens with zero attached hydrogens (tertiary/aromatic N) is 2. The third-order valence-corrected chi connectivity index (χ3v) is 9.23. The van der Waals surface area contributed by atoms with E-state index in [0.29, 0.717) is 0 Å². The molecule has 0 aliphatic heterocycles. The van der Waals surface area contributed by atoms with Gasteiger partial charge in [-0.15, -0.1) is 0 Å². The lowest BCUT2D eigenvalue weighted by Crippen LogP contribution is -2.09. The summed E-state index contributed by atoms with van der Waals surface area (Å²) in [5.74, 6) is 0. The first-order valence-corrected chi connectivity index (χ1v) is 15.6. The molecule has 0 atom stereocenters. The van der Waals surface area contributed by atoms with Crippen LogP contribution in [0, 0.1) is 0 Å². The predicted octanol–water partition coefficient (Wildman–Crippen LogP) is 11.9. The summed E-state index contributed by atoms with van der Waals surface area (Å²) in [6.07, 6.45) is 0. The molecule has 2 nitrogen and oxygen atoms in total. The van der Waals surface area contributed by atoms with Gasteiger partial charge in [-0.2, -0.15) is 0 Å². The van der Waals surface area contributed by atoms with Gasteiger partial charge in [0.1, 0.15) is 0 Å². The highest BCUT2D eigenvalue weighted by Gasteiger charge is 2.18. The van der Waals surface area contributed by atoms with Crippen LogP contribution < -0.4 is 4.90 Å². The number of hydrogen-bond donors (Lipinski definition) is 0. The van der Waals surface area contributed by atoms with Crippen molar-refractivity contribution in [3.05, 3.63) is 170 Å². The summed E-state index contributed by atoms with van der Waals surface area (Å²) in [4.78, 5) is 7.43. The van der Waals surface area contributed by atoms with Crippen molar-refractivity contribution >= 4 is 48.8 Å². The van der Waals surface area contributed by atoms with Gasteiger partial charge in [-0.1, -0.05) is 151 Å². The highest BCUT2D eigenvalue weighted by molar-refractivity contribution is 7.23. The topological polar surface area (TPSA) is 16.1 Å². The van der Waals surface area contributed by atoms with Crippen LogP contribution in [-0.4, -0.2) is 4.98 Å². The molecule has 0 saturated carbocycles. The normalized spacial score (nSPS) is 11.2. The van der Waals surface area contributed by atoms with E-state index in [9.17, 15) is 0 Å². The number of anilines is 3. The van der Waals surface area contributed by atoms with Gasteiger partial charge in [-0.3, -0.25) is 4.90 Å². The Morgan fingerprint density at radius 3 is 1.34 bits per heavy atom. The number of aromatic nitrogens is 1. The van der Waals surface area contributed by atoms with Crippen LogP contribution in [0.1, 0.15) is 0 Å². The molecule has 0 bridgehead atoms. The van der Waals surface area contributed by atoms with E-state index in [1.807, 2.05) is 0 Å². The molecule has 8 rings (SSSR count). The summed E-state index contributed by atoms with van der Waals surface area (Å²) in [5.41, 5.74) is 10.4. The maximum atomic E-state index is 5.16. The zero-order valence-electron chi connectivity index (χ0n) is 24.0. The van der Waals surface area contributed by atoms with E-state index >= 15 is 0 Å². The SMILES string of the molecule is c1ccc(-c2ccc(-c3ccc(N(c4ccc(-c5ccccc5)cc4)c4nc5ccc6ccccc6c5s4)cc3)cc2)cc1. The fourth-order valence-corrected chi connectivity index (χ4v) is 6.97. The van der Waals surface area contributed by atoms with Gasteiger partial charge in [0.15, 0.2) is 5.13 Å². The molecular formula is C41H28N2S. The van der Waals surface area contributed by atoms with Crippen molar-refractivity contribution in [3.8, 4) is 33.4 Å². The minimum Gasteiger partial charge on any atom is -0.286 e. The van der Waals surface area contributed by atoms with Crippen LogP contribution in [0.15, 0.2) is 170 Å². The first-order valence-electron chi connectivity index (χ1n) is 14.8. The molecule has 1 aromatic heterocycles. The first kappa shape index (κ1) is 26.1. The van der Waals surface area contributed by atoms with Crippen LogP contribution in [0.25, 0.3) is 54.4 Å². The number of fused-ring (bicyclic) bond motifs is 3. The van der Waals surface area contributed by atoms with E-state index in [1.165, 1.54) is 48.9 Å². The molecule has 7 aromatic carbocycles. The number of thiazole rings is 1. The molecule has 0 spiro atoms. The van der Waals surface area contributed by atoms with Crippen molar-refractivity contribution in [3.63, 3.8) is 0 Å². The quantitative estimate of drug-likeness (QED) is 0.194. The number of benzene rings is 7. The molecule has 208 valence electrons. The van der Waals surface area contributed by atoms with Crippen molar-refractivity contribution < 1.29 is 0 Å². The predicted molar refractivity (Wildman–Crippen MR) is 188 cm³/mol. The highest BCUT2D eigenvalue weighted by atomic mass is 32.1. The second-order valence-electron chi connectivity index (χ2n) is 10.9. The van der Waals surface area contributed by atoms with Crippen molar-refractivity contribution in [2.24, 2.45) is 0 Å². The van der Waals surface area contributed by atoms with Crippen LogP contribution in [0.5, 0.6) is 0 Å². The molecule has 0 amide bonds. The number of rotatable bonds is 6. The molecule has 3 heteroatoms. The van der Waals surface area contributed by atoms with E-state index in [1.54, 1.807) is 11.3 Å². The Balaban J connectivity index is 1.19. The van der Waals surface area contributed by atoms with Gasteiger partial charge in [0.25, 0.3) is 0 Å². The Morgan fingerprint density at radius 1 is 0.386 bits per heavy atom. The average molecular weight is 581 g/mol. The maximum absolute atomic E-state index is 5.16. The Bertz CT molecular complexity index is 2180. The Morgan fingerprint density at radius 2 is 0.818 bits per heavy atom. The molecular weight excluding hydrogens is 553 g/mol. The maximum Gasteiger partial charge on any atom is 0.195 e. The standard InChI is InChI=1S/C41H28N2S/c1-3-9-29(10-4-1)31-15-17-32(18-16-31)34-21-26-37(27-22-34)43(36-24-19-33(20-25-36)30-11-5-2-6-12-30)41-42-39-28-23-35-13-7-8-14-38(35)40(39)44-41/h1-28H.